The fourth-order valence-electron chi connectivity index (χ4n) is 1.34. The van der Waals surface area contributed by atoms with Crippen LogP contribution in [0.15, 0.2) is 94.5 Å². The van der Waals surface area contributed by atoms with E-state index in [2.05, 4.69) is 77.4 Å². The van der Waals surface area contributed by atoms with Crippen molar-refractivity contribution in [3.05, 3.63) is 94.5 Å². The Balaban J connectivity index is 5.06. The Bertz CT molecular complexity index is 602. The predicted octanol–water partition coefficient (Wildman–Crippen LogP) is 6.90. The molecule has 118 valence electrons. The van der Waals surface area contributed by atoms with E-state index in [0.717, 1.165) is 21.6 Å². The van der Waals surface area contributed by atoms with E-state index in [9.17, 15) is 0 Å². The maximum atomic E-state index is 4.13. The normalized spacial score (nSPS) is 14.5. The molecule has 0 atom stereocenters. The van der Waals surface area contributed by atoms with Crippen molar-refractivity contribution in [3.8, 4) is 0 Å². The van der Waals surface area contributed by atoms with Crippen LogP contribution < -0.4 is 0 Å². The Kier molecular flexibility index (Phi) is 9.28. The molecule has 0 unspecified atom stereocenters. The molecule has 0 saturated heterocycles. The molecule has 0 bridgehead atoms. The van der Waals surface area contributed by atoms with Crippen LogP contribution in [0.25, 0.3) is 0 Å². The SMILES string of the molecule is C=C(S)/C=C\C(=C)/C(C)=C/C=C(C)/C(C)=C/C=C(\C)C(=C)C. The van der Waals surface area contributed by atoms with Crippen molar-refractivity contribution >= 4 is 12.6 Å². The summed E-state index contributed by atoms with van der Waals surface area (Å²) in [5.74, 6) is 0. The van der Waals surface area contributed by atoms with Gasteiger partial charge >= 0.3 is 0 Å². The fraction of sp³-hybridized carbons (Fsp3) is 0.238. The lowest BCUT2D eigenvalue weighted by Crippen LogP contribution is -1.82. The Morgan fingerprint density at radius 3 is 1.45 bits per heavy atom. The van der Waals surface area contributed by atoms with Crippen molar-refractivity contribution < 1.29 is 0 Å². The van der Waals surface area contributed by atoms with Crippen LogP contribution in [-0.4, -0.2) is 0 Å². The Labute approximate surface area is 142 Å². The lowest BCUT2D eigenvalue weighted by atomic mass is 10.0. The van der Waals surface area contributed by atoms with Crippen LogP contribution in [-0.2, 0) is 0 Å². The van der Waals surface area contributed by atoms with E-state index in [-0.39, 0.29) is 0 Å². The monoisotopic (exact) mass is 312 g/mol. The molecular formula is C21H28S. The van der Waals surface area contributed by atoms with Gasteiger partial charge in [0.05, 0.1) is 0 Å². The molecule has 0 heterocycles. The number of thiol groups is 1. The van der Waals surface area contributed by atoms with Crippen LogP contribution in [0.5, 0.6) is 0 Å². The smallest absolute Gasteiger partial charge is 0.00318 e. The van der Waals surface area contributed by atoms with Gasteiger partial charge in [0.15, 0.2) is 0 Å². The highest BCUT2D eigenvalue weighted by Gasteiger charge is 1.94. The summed E-state index contributed by atoms with van der Waals surface area (Å²) >= 11 is 4.13. The highest BCUT2D eigenvalue weighted by Crippen LogP contribution is 2.15. The molecule has 0 aromatic heterocycles. The minimum Gasteiger partial charge on any atom is -0.144 e. The molecule has 22 heavy (non-hydrogen) atoms. The van der Waals surface area contributed by atoms with Gasteiger partial charge in [-0.15, -0.1) is 12.6 Å². The Morgan fingerprint density at radius 1 is 0.636 bits per heavy atom. The molecule has 0 nitrogen and oxygen atoms in total. The zero-order valence-corrected chi connectivity index (χ0v) is 15.4. The minimum absolute atomic E-state index is 0.721. The molecule has 0 saturated carbocycles. The topological polar surface area (TPSA) is 0 Å². The third-order valence-electron chi connectivity index (χ3n) is 3.45. The van der Waals surface area contributed by atoms with Crippen molar-refractivity contribution in [2.75, 3.05) is 0 Å². The third kappa shape index (κ3) is 8.53. The van der Waals surface area contributed by atoms with Gasteiger partial charge < -0.3 is 0 Å². The Hall–Kier alpha value is -1.73. The average molecular weight is 313 g/mol. The predicted molar refractivity (Wildman–Crippen MR) is 106 cm³/mol. The van der Waals surface area contributed by atoms with Gasteiger partial charge in [-0.2, -0.15) is 0 Å². The molecule has 0 aliphatic heterocycles. The second-order valence-corrected chi connectivity index (χ2v) is 6.10. The quantitative estimate of drug-likeness (QED) is 0.383. The summed E-state index contributed by atoms with van der Waals surface area (Å²) in [5.41, 5.74) is 6.82. The van der Waals surface area contributed by atoms with Crippen LogP contribution in [0.3, 0.4) is 0 Å². The van der Waals surface area contributed by atoms with Crippen molar-refractivity contribution in [1.82, 2.24) is 0 Å². The molecule has 1 heteroatoms. The van der Waals surface area contributed by atoms with Crippen LogP contribution in [0.1, 0.15) is 34.6 Å². The first-order chi connectivity index (χ1) is 10.1. The standard InChI is InChI=1S/C21H28S/c1-15(2)16(3)9-10-17(4)18(5)11-12-19(6)20(7)13-14-21(8)22/h9-14,22H,1,7-8H2,2-6H3/b14-13-,16-9+,17-10+,18-11+,19-12+. The van der Waals surface area contributed by atoms with E-state index in [1.807, 2.05) is 26.0 Å². The van der Waals surface area contributed by atoms with E-state index in [0.29, 0.717) is 0 Å². The van der Waals surface area contributed by atoms with E-state index < -0.39 is 0 Å². The molecule has 0 spiro atoms. The number of rotatable bonds is 7. The van der Waals surface area contributed by atoms with Crippen molar-refractivity contribution in [2.24, 2.45) is 0 Å². The zero-order chi connectivity index (χ0) is 17.3. The fourth-order valence-corrected chi connectivity index (χ4v) is 1.41. The van der Waals surface area contributed by atoms with Gasteiger partial charge in [-0.3, -0.25) is 0 Å². The molecule has 0 rings (SSSR count). The number of hydrogen-bond acceptors (Lipinski definition) is 1. The third-order valence-corrected chi connectivity index (χ3v) is 3.59. The van der Waals surface area contributed by atoms with Crippen LogP contribution >= 0.6 is 12.6 Å². The van der Waals surface area contributed by atoms with E-state index >= 15 is 0 Å². The molecule has 0 aromatic rings. The summed E-state index contributed by atoms with van der Waals surface area (Å²) < 4.78 is 0. The van der Waals surface area contributed by atoms with Gasteiger partial charge in [-0.25, -0.2) is 0 Å². The lowest BCUT2D eigenvalue weighted by molar-refractivity contribution is 1.32. The summed E-state index contributed by atoms with van der Waals surface area (Å²) in [6.45, 7) is 22.0. The molecule has 0 N–H and O–H groups in total. The van der Waals surface area contributed by atoms with Gasteiger partial charge in [-0.1, -0.05) is 55.7 Å². The van der Waals surface area contributed by atoms with Gasteiger partial charge in [0, 0.05) is 0 Å². The minimum atomic E-state index is 0.721. The maximum Gasteiger partial charge on any atom is -0.00318 e. The first-order valence-corrected chi connectivity index (χ1v) is 7.71. The average Bonchev–Trinajstić information content (AvgIpc) is 2.46. The first kappa shape index (κ1) is 20.3. The lowest BCUT2D eigenvalue weighted by Gasteiger charge is -2.02. The number of allylic oxidation sites excluding steroid dienone is 12. The van der Waals surface area contributed by atoms with Crippen molar-refractivity contribution in [1.29, 1.82) is 0 Å². The van der Waals surface area contributed by atoms with Crippen LogP contribution in [0, 0.1) is 0 Å². The summed E-state index contributed by atoms with van der Waals surface area (Å²) in [7, 11) is 0. The summed E-state index contributed by atoms with van der Waals surface area (Å²) in [6.07, 6.45) is 12.2. The molecule has 0 aliphatic carbocycles. The van der Waals surface area contributed by atoms with Gasteiger partial charge in [-0.05, 0) is 73.5 Å². The first-order valence-electron chi connectivity index (χ1n) is 7.27. The van der Waals surface area contributed by atoms with Crippen LogP contribution in [0.4, 0.5) is 0 Å². The van der Waals surface area contributed by atoms with Crippen LogP contribution in [0.2, 0.25) is 0 Å². The zero-order valence-electron chi connectivity index (χ0n) is 14.5. The molecule has 0 radical (unpaired) electrons. The molecular weight excluding hydrogens is 284 g/mol. The van der Waals surface area contributed by atoms with Crippen molar-refractivity contribution in [2.45, 2.75) is 34.6 Å². The molecule has 0 fully saturated rings. The van der Waals surface area contributed by atoms with Gasteiger partial charge in [0.2, 0.25) is 0 Å². The van der Waals surface area contributed by atoms with Crippen molar-refractivity contribution in [3.63, 3.8) is 0 Å². The Morgan fingerprint density at radius 2 is 1.05 bits per heavy atom. The highest BCUT2D eigenvalue weighted by molar-refractivity contribution is 7.84. The van der Waals surface area contributed by atoms with E-state index in [1.54, 1.807) is 0 Å². The second kappa shape index (κ2) is 10.1. The summed E-state index contributed by atoms with van der Waals surface area (Å²) in [6, 6.07) is 0. The summed E-state index contributed by atoms with van der Waals surface area (Å²) in [5, 5.41) is 0. The molecule has 0 aromatic carbocycles. The molecule has 0 aliphatic rings. The van der Waals surface area contributed by atoms with Gasteiger partial charge in [0.25, 0.3) is 0 Å². The maximum absolute atomic E-state index is 4.13. The highest BCUT2D eigenvalue weighted by atomic mass is 32.1. The van der Waals surface area contributed by atoms with E-state index in [4.69, 9.17) is 0 Å². The summed E-state index contributed by atoms with van der Waals surface area (Å²) in [4.78, 5) is 0.721. The molecule has 0 amide bonds. The van der Waals surface area contributed by atoms with Gasteiger partial charge in [0.1, 0.15) is 0 Å². The van der Waals surface area contributed by atoms with E-state index in [1.165, 1.54) is 16.7 Å². The largest absolute Gasteiger partial charge is 0.144 e. The number of hydrogen-bond donors (Lipinski definition) is 1. The second-order valence-electron chi connectivity index (χ2n) is 5.53.